The molecule has 14 heavy (non-hydrogen) atoms. The average molecular weight is 190 g/mol. The quantitative estimate of drug-likeness (QED) is 0.414. The fourth-order valence-electron chi connectivity index (χ4n) is 0.977. The number of rotatable bonds is 2. The molecule has 1 aromatic carbocycles. The van der Waals surface area contributed by atoms with Gasteiger partial charge >= 0.3 is 0 Å². The minimum absolute atomic E-state index is 0.0370. The van der Waals surface area contributed by atoms with Crippen molar-refractivity contribution in [3.63, 3.8) is 0 Å². The van der Waals surface area contributed by atoms with E-state index in [1.165, 1.54) is 6.92 Å². The summed E-state index contributed by atoms with van der Waals surface area (Å²) in [6.45, 7) is 1.34. The molecule has 4 heteroatoms. The van der Waals surface area contributed by atoms with E-state index >= 15 is 0 Å². The molecule has 1 aromatic rings. The van der Waals surface area contributed by atoms with E-state index in [9.17, 15) is 9.59 Å². The summed E-state index contributed by atoms with van der Waals surface area (Å²) in [6, 6.07) is 6.42. The number of carbonyl (C=O) groups is 2. The molecule has 72 valence electrons. The zero-order chi connectivity index (χ0) is 10.6. The molecule has 1 rings (SSSR count). The van der Waals surface area contributed by atoms with Crippen LogP contribution in [-0.4, -0.2) is 18.0 Å². The van der Waals surface area contributed by atoms with Crippen LogP contribution in [0, 0.1) is 5.41 Å². The lowest BCUT2D eigenvalue weighted by molar-refractivity contribution is -0.117. The SMILES string of the molecule is CC(=O)NC(=N)c1ccc(C=O)cc1. The number of hydrogen-bond donors (Lipinski definition) is 2. The third-order valence-corrected chi connectivity index (χ3v) is 1.64. The van der Waals surface area contributed by atoms with Crippen LogP contribution in [-0.2, 0) is 4.79 Å². The highest BCUT2D eigenvalue weighted by atomic mass is 16.1. The van der Waals surface area contributed by atoms with Crippen LogP contribution >= 0.6 is 0 Å². The third-order valence-electron chi connectivity index (χ3n) is 1.64. The van der Waals surface area contributed by atoms with Gasteiger partial charge in [0.25, 0.3) is 0 Å². The first-order valence-corrected chi connectivity index (χ1v) is 4.05. The highest BCUT2D eigenvalue weighted by molar-refractivity contribution is 6.05. The van der Waals surface area contributed by atoms with E-state index in [0.717, 1.165) is 6.29 Å². The van der Waals surface area contributed by atoms with Gasteiger partial charge in [0, 0.05) is 18.1 Å². The fourth-order valence-corrected chi connectivity index (χ4v) is 0.977. The first-order chi connectivity index (χ1) is 6.63. The highest BCUT2D eigenvalue weighted by Gasteiger charge is 2.02. The van der Waals surface area contributed by atoms with Crippen LogP contribution in [0.1, 0.15) is 22.8 Å². The second-order valence-electron chi connectivity index (χ2n) is 2.80. The van der Waals surface area contributed by atoms with Gasteiger partial charge in [0.15, 0.2) is 0 Å². The monoisotopic (exact) mass is 190 g/mol. The molecule has 2 N–H and O–H groups in total. The molecule has 0 unspecified atom stereocenters. The van der Waals surface area contributed by atoms with Crippen molar-refractivity contribution in [2.45, 2.75) is 6.92 Å². The molecule has 4 nitrogen and oxygen atoms in total. The Balaban J connectivity index is 2.81. The van der Waals surface area contributed by atoms with Gasteiger partial charge < -0.3 is 5.32 Å². The molecular weight excluding hydrogens is 180 g/mol. The molecule has 0 aliphatic rings. The second kappa shape index (κ2) is 4.32. The lowest BCUT2D eigenvalue weighted by atomic mass is 10.1. The molecular formula is C10H10N2O2. The van der Waals surface area contributed by atoms with Crippen LogP contribution in [0.15, 0.2) is 24.3 Å². The number of carbonyl (C=O) groups excluding carboxylic acids is 2. The minimum Gasteiger partial charge on any atom is -0.311 e. The smallest absolute Gasteiger partial charge is 0.222 e. The van der Waals surface area contributed by atoms with Gasteiger partial charge in [-0.25, -0.2) is 0 Å². The van der Waals surface area contributed by atoms with Crippen LogP contribution in [0.4, 0.5) is 0 Å². The van der Waals surface area contributed by atoms with Crippen molar-refractivity contribution in [2.75, 3.05) is 0 Å². The van der Waals surface area contributed by atoms with E-state index in [1.807, 2.05) is 0 Å². The minimum atomic E-state index is -0.283. The molecule has 0 bridgehead atoms. The van der Waals surface area contributed by atoms with Crippen molar-refractivity contribution in [3.8, 4) is 0 Å². The highest BCUT2D eigenvalue weighted by Crippen LogP contribution is 2.01. The number of amidine groups is 1. The Morgan fingerprint density at radius 2 is 1.93 bits per heavy atom. The Morgan fingerprint density at radius 3 is 2.36 bits per heavy atom. The zero-order valence-corrected chi connectivity index (χ0v) is 7.70. The number of aldehydes is 1. The summed E-state index contributed by atoms with van der Waals surface area (Å²) in [5.41, 5.74) is 1.12. The molecule has 0 aromatic heterocycles. The summed E-state index contributed by atoms with van der Waals surface area (Å²) in [6.07, 6.45) is 0.728. The Morgan fingerprint density at radius 1 is 1.36 bits per heavy atom. The first kappa shape index (κ1) is 10.1. The third kappa shape index (κ3) is 2.52. The molecule has 0 aliphatic carbocycles. The van der Waals surface area contributed by atoms with E-state index in [4.69, 9.17) is 5.41 Å². The van der Waals surface area contributed by atoms with Crippen LogP contribution in [0.3, 0.4) is 0 Å². The zero-order valence-electron chi connectivity index (χ0n) is 7.70. The maximum absolute atomic E-state index is 10.6. The van der Waals surface area contributed by atoms with E-state index in [-0.39, 0.29) is 11.7 Å². The maximum atomic E-state index is 10.6. The van der Waals surface area contributed by atoms with Crippen molar-refractivity contribution >= 4 is 18.0 Å². The van der Waals surface area contributed by atoms with Crippen molar-refractivity contribution in [1.29, 1.82) is 5.41 Å². The number of nitrogens with one attached hydrogen (secondary N) is 2. The second-order valence-corrected chi connectivity index (χ2v) is 2.80. The number of amides is 1. The summed E-state index contributed by atoms with van der Waals surface area (Å²) in [4.78, 5) is 21.0. The van der Waals surface area contributed by atoms with E-state index in [2.05, 4.69) is 5.32 Å². The number of hydrogen-bond acceptors (Lipinski definition) is 3. The van der Waals surface area contributed by atoms with Gasteiger partial charge in [0.1, 0.15) is 12.1 Å². The van der Waals surface area contributed by atoms with E-state index in [1.54, 1.807) is 24.3 Å². The lowest BCUT2D eigenvalue weighted by Gasteiger charge is -2.03. The Kier molecular flexibility index (Phi) is 3.12. The maximum Gasteiger partial charge on any atom is 0.222 e. The molecule has 0 aliphatic heterocycles. The van der Waals surface area contributed by atoms with Crippen LogP contribution in [0.5, 0.6) is 0 Å². The topological polar surface area (TPSA) is 70.0 Å². The first-order valence-electron chi connectivity index (χ1n) is 4.05. The molecule has 0 fully saturated rings. The largest absolute Gasteiger partial charge is 0.311 e. The fraction of sp³-hybridized carbons (Fsp3) is 0.100. The van der Waals surface area contributed by atoms with Crippen molar-refractivity contribution in [3.05, 3.63) is 35.4 Å². The summed E-state index contributed by atoms with van der Waals surface area (Å²) in [5, 5.41) is 9.82. The van der Waals surface area contributed by atoms with E-state index < -0.39 is 0 Å². The van der Waals surface area contributed by atoms with Gasteiger partial charge in [0.05, 0.1) is 0 Å². The Bertz CT molecular complexity index is 368. The van der Waals surface area contributed by atoms with Gasteiger partial charge in [-0.05, 0) is 0 Å². The van der Waals surface area contributed by atoms with Crippen LogP contribution in [0.2, 0.25) is 0 Å². The van der Waals surface area contributed by atoms with Gasteiger partial charge in [-0.15, -0.1) is 0 Å². The molecule has 0 spiro atoms. The Labute approximate surface area is 81.4 Å². The molecule has 0 radical (unpaired) electrons. The van der Waals surface area contributed by atoms with Crippen molar-refractivity contribution in [1.82, 2.24) is 5.32 Å². The van der Waals surface area contributed by atoms with Gasteiger partial charge in [-0.1, -0.05) is 24.3 Å². The molecule has 0 saturated heterocycles. The molecule has 0 atom stereocenters. The standard InChI is InChI=1S/C10H10N2O2/c1-7(14)12-10(11)9-4-2-8(6-13)3-5-9/h2-6H,1H3,(H2,11,12,14). The summed E-state index contributed by atoms with van der Waals surface area (Å²) < 4.78 is 0. The van der Waals surface area contributed by atoms with Crippen LogP contribution < -0.4 is 5.32 Å². The van der Waals surface area contributed by atoms with Gasteiger partial charge in [0.2, 0.25) is 5.91 Å². The Hall–Kier alpha value is -1.97. The van der Waals surface area contributed by atoms with Crippen molar-refractivity contribution < 1.29 is 9.59 Å². The lowest BCUT2D eigenvalue weighted by Crippen LogP contribution is -2.27. The predicted octanol–water partition coefficient (Wildman–Crippen LogP) is 0.961. The molecule has 0 saturated carbocycles. The van der Waals surface area contributed by atoms with Gasteiger partial charge in [-0.3, -0.25) is 15.0 Å². The molecule has 0 heterocycles. The summed E-state index contributed by atoms with van der Waals surface area (Å²) in [5.74, 6) is -0.246. The van der Waals surface area contributed by atoms with Crippen molar-refractivity contribution in [2.24, 2.45) is 0 Å². The van der Waals surface area contributed by atoms with Crippen LogP contribution in [0.25, 0.3) is 0 Å². The number of benzene rings is 1. The average Bonchev–Trinajstić information content (AvgIpc) is 2.17. The predicted molar refractivity (Wildman–Crippen MR) is 52.5 cm³/mol. The van der Waals surface area contributed by atoms with Gasteiger partial charge in [-0.2, -0.15) is 0 Å². The summed E-state index contributed by atoms with van der Waals surface area (Å²) in [7, 11) is 0. The normalized spacial score (nSPS) is 9.21. The van der Waals surface area contributed by atoms with E-state index in [0.29, 0.717) is 11.1 Å². The summed E-state index contributed by atoms with van der Waals surface area (Å²) >= 11 is 0. The molecule has 1 amide bonds.